The lowest BCUT2D eigenvalue weighted by atomic mass is 10.2. The van der Waals surface area contributed by atoms with Crippen LogP contribution in [0.3, 0.4) is 0 Å². The molecule has 3 N–H and O–H groups in total. The van der Waals surface area contributed by atoms with Crippen molar-refractivity contribution in [3.05, 3.63) is 45.1 Å². The van der Waals surface area contributed by atoms with Crippen LogP contribution in [0.15, 0.2) is 33.9 Å². The minimum atomic E-state index is -0.583. The first kappa shape index (κ1) is 17.9. The molecular weight excluding hydrogens is 308 g/mol. The molecule has 0 aliphatic rings. The van der Waals surface area contributed by atoms with Crippen LogP contribution in [0.4, 0.5) is 0 Å². The molecule has 1 heterocycles. The summed E-state index contributed by atoms with van der Waals surface area (Å²) in [6.45, 7) is 3.60. The second kappa shape index (κ2) is 8.35. The van der Waals surface area contributed by atoms with Gasteiger partial charge in [-0.05, 0) is 18.7 Å². The number of hydrogen-bond acceptors (Lipinski definition) is 4. The maximum Gasteiger partial charge on any atom is 0.329 e. The van der Waals surface area contributed by atoms with Gasteiger partial charge in [-0.2, -0.15) is 0 Å². The fourth-order valence-electron chi connectivity index (χ4n) is 2.01. The third-order valence-corrected chi connectivity index (χ3v) is 3.07. The van der Waals surface area contributed by atoms with Crippen molar-refractivity contribution < 1.29 is 4.79 Å². The van der Waals surface area contributed by atoms with Gasteiger partial charge in [-0.3, -0.25) is 14.2 Å². The van der Waals surface area contributed by atoms with Crippen LogP contribution >= 0.6 is 12.4 Å². The summed E-state index contributed by atoms with van der Waals surface area (Å²) in [5.74, 6) is -0.365. The Hall–Kier alpha value is -2.12. The number of carbonyl (C=O) groups is 1. The Morgan fingerprint density at radius 3 is 2.68 bits per heavy atom. The minimum Gasteiger partial charge on any atom is -0.353 e. The van der Waals surface area contributed by atoms with Crippen molar-refractivity contribution in [1.29, 1.82) is 0 Å². The zero-order valence-corrected chi connectivity index (χ0v) is 13.0. The van der Waals surface area contributed by atoms with Crippen molar-refractivity contribution in [1.82, 2.24) is 20.2 Å². The van der Waals surface area contributed by atoms with E-state index in [-0.39, 0.29) is 24.9 Å². The van der Waals surface area contributed by atoms with Gasteiger partial charge in [0, 0.05) is 13.1 Å². The Morgan fingerprint density at radius 2 is 1.95 bits per heavy atom. The molecule has 0 aliphatic heterocycles. The molecule has 22 heavy (non-hydrogen) atoms. The number of para-hydroxylation sites is 1. The number of aromatic amines is 1. The van der Waals surface area contributed by atoms with Crippen LogP contribution in [0.2, 0.25) is 0 Å². The average molecular weight is 327 g/mol. The highest BCUT2D eigenvalue weighted by molar-refractivity contribution is 5.85. The summed E-state index contributed by atoms with van der Waals surface area (Å²) in [5.41, 5.74) is -0.576. The summed E-state index contributed by atoms with van der Waals surface area (Å²) in [4.78, 5) is 38.5. The third kappa shape index (κ3) is 4.19. The number of rotatable bonds is 6. The summed E-state index contributed by atoms with van der Waals surface area (Å²) < 4.78 is 0.908. The molecule has 1 aromatic carbocycles. The maximum absolute atomic E-state index is 12.2. The fourth-order valence-corrected chi connectivity index (χ4v) is 2.01. The molecule has 0 spiro atoms. The highest BCUT2D eigenvalue weighted by Crippen LogP contribution is 2.02. The molecule has 0 aliphatic carbocycles. The van der Waals surface area contributed by atoms with Crippen molar-refractivity contribution in [2.45, 2.75) is 13.5 Å². The van der Waals surface area contributed by atoms with E-state index >= 15 is 0 Å². The van der Waals surface area contributed by atoms with Gasteiger partial charge in [0.05, 0.1) is 10.9 Å². The van der Waals surface area contributed by atoms with Gasteiger partial charge in [0.2, 0.25) is 5.91 Å². The smallest absolute Gasteiger partial charge is 0.329 e. The molecule has 7 nitrogen and oxygen atoms in total. The van der Waals surface area contributed by atoms with Gasteiger partial charge in [-0.1, -0.05) is 19.1 Å². The number of hydrogen-bond donors (Lipinski definition) is 3. The monoisotopic (exact) mass is 326 g/mol. The van der Waals surface area contributed by atoms with Crippen molar-refractivity contribution in [3.8, 4) is 0 Å². The van der Waals surface area contributed by atoms with E-state index in [4.69, 9.17) is 0 Å². The van der Waals surface area contributed by atoms with E-state index in [0.29, 0.717) is 24.0 Å². The number of benzene rings is 1. The quantitative estimate of drug-likeness (QED) is 0.643. The molecule has 0 bridgehead atoms. The lowest BCUT2D eigenvalue weighted by Gasteiger charge is -2.08. The average Bonchev–Trinajstić information content (AvgIpc) is 2.48. The number of likely N-dealkylation sites (N-methyl/N-ethyl adjacent to an activating group) is 1. The Balaban J connectivity index is 0.00000242. The van der Waals surface area contributed by atoms with Gasteiger partial charge < -0.3 is 15.6 Å². The second-order valence-corrected chi connectivity index (χ2v) is 4.57. The number of fused-ring (bicyclic) bond motifs is 1. The molecule has 0 fully saturated rings. The van der Waals surface area contributed by atoms with Crippen molar-refractivity contribution >= 4 is 29.2 Å². The molecule has 1 amide bonds. The number of nitrogens with one attached hydrogen (secondary N) is 3. The highest BCUT2D eigenvalue weighted by Gasteiger charge is 2.10. The third-order valence-electron chi connectivity index (χ3n) is 3.07. The standard InChI is InChI=1S/C14H18N4O3.ClH/c1-2-15-7-8-16-12(19)9-18-13(20)10-5-3-4-6-11(10)17-14(18)21;/h3-6,15H,2,7-9H2,1H3,(H,16,19)(H,17,21);1H. The zero-order valence-electron chi connectivity index (χ0n) is 12.2. The van der Waals surface area contributed by atoms with E-state index in [1.165, 1.54) is 0 Å². The molecule has 8 heteroatoms. The SMILES string of the molecule is CCNCCNC(=O)Cn1c(=O)[nH]c2ccccc2c1=O.Cl. The van der Waals surface area contributed by atoms with Gasteiger partial charge >= 0.3 is 5.69 Å². The summed E-state index contributed by atoms with van der Waals surface area (Å²) in [7, 11) is 0. The topological polar surface area (TPSA) is 96.0 Å². The van der Waals surface area contributed by atoms with Crippen LogP contribution in [0.25, 0.3) is 10.9 Å². The molecule has 0 saturated carbocycles. The number of carbonyl (C=O) groups excluding carboxylic acids is 1. The first-order chi connectivity index (χ1) is 10.1. The van der Waals surface area contributed by atoms with E-state index in [1.807, 2.05) is 6.92 Å². The largest absolute Gasteiger partial charge is 0.353 e. The van der Waals surface area contributed by atoms with Crippen molar-refractivity contribution in [2.24, 2.45) is 0 Å². The summed E-state index contributed by atoms with van der Waals surface area (Å²) >= 11 is 0. The molecule has 2 rings (SSSR count). The van der Waals surface area contributed by atoms with E-state index in [1.54, 1.807) is 24.3 Å². The molecule has 120 valence electrons. The second-order valence-electron chi connectivity index (χ2n) is 4.57. The van der Waals surface area contributed by atoms with Crippen LogP contribution in [0.5, 0.6) is 0 Å². The number of halogens is 1. The van der Waals surface area contributed by atoms with Crippen molar-refractivity contribution in [3.63, 3.8) is 0 Å². The van der Waals surface area contributed by atoms with Crippen LogP contribution in [-0.4, -0.2) is 35.1 Å². The lowest BCUT2D eigenvalue weighted by Crippen LogP contribution is -2.41. The summed E-state index contributed by atoms with van der Waals surface area (Å²) in [6.07, 6.45) is 0. The predicted octanol–water partition coefficient (Wildman–Crippen LogP) is -0.163. The van der Waals surface area contributed by atoms with Crippen LogP contribution in [0, 0.1) is 0 Å². The zero-order chi connectivity index (χ0) is 15.2. The maximum atomic E-state index is 12.2. The molecule has 0 atom stereocenters. The van der Waals surface area contributed by atoms with E-state index in [2.05, 4.69) is 15.6 Å². The number of amides is 1. The molecule has 2 aromatic rings. The molecule has 0 radical (unpaired) electrons. The van der Waals surface area contributed by atoms with Crippen LogP contribution in [0.1, 0.15) is 6.92 Å². The van der Waals surface area contributed by atoms with Gasteiger partial charge in [-0.25, -0.2) is 4.79 Å². The molecule has 1 aromatic heterocycles. The summed E-state index contributed by atoms with van der Waals surface area (Å²) in [6, 6.07) is 6.71. The van der Waals surface area contributed by atoms with Gasteiger partial charge in [-0.15, -0.1) is 12.4 Å². The molecular formula is C14H19ClN4O3. The number of H-pyrrole nitrogens is 1. The van der Waals surface area contributed by atoms with E-state index in [0.717, 1.165) is 11.1 Å². The Morgan fingerprint density at radius 1 is 1.23 bits per heavy atom. The molecule has 0 unspecified atom stereocenters. The lowest BCUT2D eigenvalue weighted by molar-refractivity contribution is -0.121. The van der Waals surface area contributed by atoms with Crippen molar-refractivity contribution in [2.75, 3.05) is 19.6 Å². The number of aromatic nitrogens is 2. The van der Waals surface area contributed by atoms with Crippen LogP contribution < -0.4 is 21.9 Å². The van der Waals surface area contributed by atoms with Crippen LogP contribution in [-0.2, 0) is 11.3 Å². The Labute approximate surface area is 133 Å². The Bertz CT molecular complexity index is 754. The first-order valence-corrected chi connectivity index (χ1v) is 6.82. The predicted molar refractivity (Wildman–Crippen MR) is 87.6 cm³/mol. The van der Waals surface area contributed by atoms with Gasteiger partial charge in [0.25, 0.3) is 5.56 Å². The fraction of sp³-hybridized carbons (Fsp3) is 0.357. The highest BCUT2D eigenvalue weighted by atomic mass is 35.5. The van der Waals surface area contributed by atoms with Gasteiger partial charge in [0.15, 0.2) is 0 Å². The molecule has 0 saturated heterocycles. The van der Waals surface area contributed by atoms with E-state index < -0.39 is 11.2 Å². The normalized spacial score (nSPS) is 10.2. The van der Waals surface area contributed by atoms with E-state index in [9.17, 15) is 14.4 Å². The summed E-state index contributed by atoms with van der Waals surface area (Å²) in [5, 5.41) is 6.10. The van der Waals surface area contributed by atoms with Gasteiger partial charge in [0.1, 0.15) is 6.54 Å². The first-order valence-electron chi connectivity index (χ1n) is 6.82. The Kier molecular flexibility index (Phi) is 6.81. The minimum absolute atomic E-state index is 0. The number of nitrogens with zero attached hydrogens (tertiary/aromatic N) is 1.